The van der Waals surface area contributed by atoms with Crippen molar-refractivity contribution in [2.24, 2.45) is 0 Å². The summed E-state index contributed by atoms with van der Waals surface area (Å²) in [6.07, 6.45) is -1.62. The third-order valence-electron chi connectivity index (χ3n) is 7.44. The molecular weight excluding hydrogens is 542 g/mol. The van der Waals surface area contributed by atoms with E-state index in [0.717, 1.165) is 23.3 Å². The highest BCUT2D eigenvalue weighted by atomic mass is 19.4. The lowest BCUT2D eigenvalue weighted by molar-refractivity contribution is -0.140. The van der Waals surface area contributed by atoms with Gasteiger partial charge in [-0.05, 0) is 49.4 Å². The van der Waals surface area contributed by atoms with Crippen LogP contribution in [-0.4, -0.2) is 44.8 Å². The number of nitrogens with one attached hydrogen (secondary N) is 1. The van der Waals surface area contributed by atoms with Crippen LogP contribution in [0.5, 0.6) is 0 Å². The van der Waals surface area contributed by atoms with Crippen molar-refractivity contribution in [3.05, 3.63) is 95.2 Å². The zero-order chi connectivity index (χ0) is 28.9. The Morgan fingerprint density at radius 3 is 2.54 bits per heavy atom. The molecule has 0 saturated carbocycles. The minimum Gasteiger partial charge on any atom is -0.438 e. The Morgan fingerprint density at radius 1 is 1.07 bits per heavy atom. The molecule has 2 aromatic carbocycles. The first-order valence-corrected chi connectivity index (χ1v) is 12.8. The van der Waals surface area contributed by atoms with Crippen LogP contribution in [0.3, 0.4) is 0 Å². The first-order valence-electron chi connectivity index (χ1n) is 12.8. The number of likely N-dealkylation sites (tertiary alicyclic amines) is 1. The maximum Gasteiger partial charge on any atom is 0.419 e. The highest BCUT2D eigenvalue weighted by Gasteiger charge is 2.45. The average molecular weight is 566 g/mol. The largest absolute Gasteiger partial charge is 0.438 e. The van der Waals surface area contributed by atoms with Crippen molar-refractivity contribution in [2.45, 2.75) is 31.5 Å². The number of alkyl halides is 3. The number of amides is 2. The smallest absolute Gasteiger partial charge is 0.419 e. The minimum absolute atomic E-state index is 0.0135. The third kappa shape index (κ3) is 4.79. The molecule has 12 heteroatoms. The molecule has 0 radical (unpaired) electrons. The summed E-state index contributed by atoms with van der Waals surface area (Å²) in [5.74, 6) is -1.87. The lowest BCUT2D eigenvalue weighted by Crippen LogP contribution is -2.49. The van der Waals surface area contributed by atoms with Crippen molar-refractivity contribution in [3.63, 3.8) is 0 Å². The standard InChI is InChI=1S/C29H23F4N5O3/c1-17-4-7-23-21(13-17)28(41-27(40)35-23)8-11-37(12-9-28)26(39)24-15-25(18-3-2-10-34-16-18)38(36-24)19-5-6-20(22(30)14-19)29(31,32)33/h2-7,10,13-16H,8-9,11-12H2,1H3,(H,35,40). The van der Waals surface area contributed by atoms with Crippen LogP contribution >= 0.6 is 0 Å². The van der Waals surface area contributed by atoms with E-state index >= 15 is 0 Å². The highest BCUT2D eigenvalue weighted by molar-refractivity contribution is 5.94. The summed E-state index contributed by atoms with van der Waals surface area (Å²) in [6.45, 7) is 2.48. The monoisotopic (exact) mass is 565 g/mol. The van der Waals surface area contributed by atoms with Gasteiger partial charge in [0.1, 0.15) is 11.4 Å². The topological polar surface area (TPSA) is 89.3 Å². The second-order valence-electron chi connectivity index (χ2n) is 10.1. The molecule has 0 unspecified atom stereocenters. The Kier molecular flexibility index (Phi) is 6.28. The van der Waals surface area contributed by atoms with E-state index in [-0.39, 0.29) is 24.5 Å². The number of aryl methyl sites for hydroxylation is 1. The normalized spacial score (nSPS) is 16.2. The van der Waals surface area contributed by atoms with E-state index in [4.69, 9.17) is 4.74 Å². The van der Waals surface area contributed by atoms with Gasteiger partial charge in [-0.1, -0.05) is 11.6 Å². The van der Waals surface area contributed by atoms with Gasteiger partial charge in [-0.15, -0.1) is 0 Å². The molecule has 2 aromatic heterocycles. The molecule has 4 aromatic rings. The highest BCUT2D eigenvalue weighted by Crippen LogP contribution is 2.44. The Morgan fingerprint density at radius 2 is 1.85 bits per heavy atom. The summed E-state index contributed by atoms with van der Waals surface area (Å²) in [7, 11) is 0. The van der Waals surface area contributed by atoms with Crippen LogP contribution < -0.4 is 5.32 Å². The molecule has 1 saturated heterocycles. The fourth-order valence-electron chi connectivity index (χ4n) is 5.38. The van der Waals surface area contributed by atoms with Gasteiger partial charge >= 0.3 is 12.3 Å². The van der Waals surface area contributed by atoms with Gasteiger partial charge in [-0.2, -0.15) is 18.3 Å². The van der Waals surface area contributed by atoms with Crippen LogP contribution in [0.4, 0.5) is 28.0 Å². The number of benzene rings is 2. The van der Waals surface area contributed by atoms with Crippen molar-refractivity contribution in [2.75, 3.05) is 18.4 Å². The van der Waals surface area contributed by atoms with Crippen LogP contribution in [0.15, 0.2) is 67.0 Å². The second kappa shape index (κ2) is 9.72. The van der Waals surface area contributed by atoms with Gasteiger partial charge in [0.15, 0.2) is 5.69 Å². The number of hydrogen-bond donors (Lipinski definition) is 1. The predicted molar refractivity (Wildman–Crippen MR) is 140 cm³/mol. The van der Waals surface area contributed by atoms with E-state index in [2.05, 4.69) is 15.4 Å². The molecular formula is C29H23F4N5O3. The predicted octanol–water partition coefficient (Wildman–Crippen LogP) is 6.09. The first-order chi connectivity index (χ1) is 19.5. The van der Waals surface area contributed by atoms with Crippen molar-refractivity contribution in [3.8, 4) is 16.9 Å². The molecule has 4 heterocycles. The van der Waals surface area contributed by atoms with E-state index < -0.39 is 35.2 Å². The van der Waals surface area contributed by atoms with Gasteiger partial charge in [0.05, 0.1) is 22.6 Å². The summed E-state index contributed by atoms with van der Waals surface area (Å²) in [6, 6.07) is 13.0. The number of ether oxygens (including phenoxy) is 1. The fraction of sp³-hybridized carbons (Fsp3) is 0.241. The summed E-state index contributed by atoms with van der Waals surface area (Å²) < 4.78 is 60.9. The quantitative estimate of drug-likeness (QED) is 0.304. The molecule has 8 nitrogen and oxygen atoms in total. The molecule has 0 bridgehead atoms. The van der Waals surface area contributed by atoms with Gasteiger partial charge in [0, 0.05) is 55.5 Å². The van der Waals surface area contributed by atoms with Gasteiger partial charge < -0.3 is 9.64 Å². The minimum atomic E-state index is -4.85. The van der Waals surface area contributed by atoms with E-state index in [0.29, 0.717) is 35.9 Å². The van der Waals surface area contributed by atoms with Crippen molar-refractivity contribution < 1.29 is 31.9 Å². The Hall–Kier alpha value is -4.74. The summed E-state index contributed by atoms with van der Waals surface area (Å²) in [5, 5.41) is 7.11. The van der Waals surface area contributed by atoms with Crippen LogP contribution in [0, 0.1) is 12.7 Å². The number of carbonyl (C=O) groups excluding carboxylic acids is 2. The first kappa shape index (κ1) is 26.5. The number of fused-ring (bicyclic) bond motifs is 2. The molecule has 41 heavy (non-hydrogen) atoms. The Labute approximate surface area is 231 Å². The Bertz CT molecular complexity index is 1660. The third-order valence-corrected chi connectivity index (χ3v) is 7.44. The summed E-state index contributed by atoms with van der Waals surface area (Å²) >= 11 is 0. The van der Waals surface area contributed by atoms with Crippen molar-refractivity contribution >= 4 is 17.7 Å². The van der Waals surface area contributed by atoms with Gasteiger partial charge in [-0.3, -0.25) is 15.1 Å². The van der Waals surface area contributed by atoms with Crippen molar-refractivity contribution in [1.29, 1.82) is 0 Å². The van der Waals surface area contributed by atoms with E-state index in [9.17, 15) is 27.2 Å². The number of nitrogens with zero attached hydrogens (tertiary/aromatic N) is 4. The second-order valence-corrected chi connectivity index (χ2v) is 10.1. The number of halogens is 4. The maximum absolute atomic E-state index is 14.5. The number of anilines is 1. The van der Waals surface area contributed by atoms with Gasteiger partial charge in [0.25, 0.3) is 5.91 Å². The lowest BCUT2D eigenvalue weighted by Gasteiger charge is -2.44. The molecule has 1 spiro atoms. The Balaban J connectivity index is 1.31. The molecule has 2 aliphatic heterocycles. The number of hydrogen-bond acceptors (Lipinski definition) is 5. The van der Waals surface area contributed by atoms with E-state index in [1.54, 1.807) is 23.2 Å². The zero-order valence-corrected chi connectivity index (χ0v) is 21.7. The molecule has 2 aliphatic rings. The van der Waals surface area contributed by atoms with Crippen LogP contribution in [0.2, 0.25) is 0 Å². The van der Waals surface area contributed by atoms with Gasteiger partial charge in [-0.25, -0.2) is 13.9 Å². The molecule has 1 N–H and O–H groups in total. The van der Waals surface area contributed by atoms with Crippen LogP contribution in [0.1, 0.15) is 40.0 Å². The van der Waals surface area contributed by atoms with E-state index in [1.807, 2.05) is 25.1 Å². The van der Waals surface area contributed by atoms with Crippen LogP contribution in [0.25, 0.3) is 16.9 Å². The maximum atomic E-state index is 14.5. The molecule has 0 aliphatic carbocycles. The number of piperidine rings is 1. The fourth-order valence-corrected chi connectivity index (χ4v) is 5.38. The SMILES string of the molecule is Cc1ccc2c(c1)C1(CCN(C(=O)c3cc(-c4cccnc4)n(-c4ccc(C(F)(F)F)c(F)c4)n3)CC1)OC(=O)N2. The summed E-state index contributed by atoms with van der Waals surface area (Å²) in [4.78, 5) is 31.6. The zero-order valence-electron chi connectivity index (χ0n) is 21.7. The number of pyridine rings is 1. The molecule has 0 atom stereocenters. The number of carbonyl (C=O) groups is 2. The van der Waals surface area contributed by atoms with Crippen molar-refractivity contribution in [1.82, 2.24) is 19.7 Å². The molecule has 1 fully saturated rings. The van der Waals surface area contributed by atoms with Crippen LogP contribution in [-0.2, 0) is 16.5 Å². The molecule has 210 valence electrons. The number of aromatic nitrogens is 3. The summed E-state index contributed by atoms with van der Waals surface area (Å²) in [5.41, 5.74) is 1.19. The van der Waals surface area contributed by atoms with E-state index in [1.165, 1.54) is 16.9 Å². The number of rotatable bonds is 3. The average Bonchev–Trinajstić information content (AvgIpc) is 3.39. The molecule has 6 rings (SSSR count). The molecule has 2 amide bonds. The lowest BCUT2D eigenvalue weighted by atomic mass is 9.81. The van der Waals surface area contributed by atoms with Gasteiger partial charge in [0.2, 0.25) is 0 Å².